The highest BCUT2D eigenvalue weighted by molar-refractivity contribution is 5.95. The second-order valence-corrected chi connectivity index (χ2v) is 11.2. The molecule has 4 bridgehead atoms. The summed E-state index contributed by atoms with van der Waals surface area (Å²) in [6, 6.07) is 16.4. The number of ether oxygens (including phenoxy) is 2. The minimum absolute atomic E-state index is 0.161. The van der Waals surface area contributed by atoms with Gasteiger partial charge in [-0.25, -0.2) is 4.68 Å². The van der Waals surface area contributed by atoms with Crippen LogP contribution in [-0.4, -0.2) is 40.5 Å². The number of aryl methyl sites for hydroxylation is 1. The number of nitrogens with one attached hydrogen (secondary N) is 1. The van der Waals surface area contributed by atoms with Crippen LogP contribution < -0.4 is 10.1 Å². The molecule has 4 aliphatic carbocycles. The van der Waals surface area contributed by atoms with Crippen LogP contribution in [0.4, 0.5) is 5.69 Å². The summed E-state index contributed by atoms with van der Waals surface area (Å²) in [7, 11) is 0. The molecule has 0 aliphatic heterocycles. The Morgan fingerprint density at radius 2 is 1.62 bits per heavy atom. The van der Waals surface area contributed by atoms with Gasteiger partial charge in [-0.1, -0.05) is 29.8 Å². The van der Waals surface area contributed by atoms with Crippen LogP contribution in [-0.2, 0) is 9.53 Å². The third kappa shape index (κ3) is 4.89. The Hall–Kier alpha value is -3.19. The number of anilines is 1. The molecule has 4 aliphatic rings. The lowest BCUT2D eigenvalue weighted by Gasteiger charge is -2.55. The number of aromatic nitrogens is 3. The molecule has 3 aromatic rings. The molecule has 37 heavy (non-hydrogen) atoms. The van der Waals surface area contributed by atoms with E-state index in [1.54, 1.807) is 4.68 Å². The fourth-order valence-corrected chi connectivity index (χ4v) is 7.10. The van der Waals surface area contributed by atoms with Crippen molar-refractivity contribution in [3.05, 3.63) is 54.1 Å². The molecule has 7 nitrogen and oxygen atoms in total. The molecule has 2 aromatic carbocycles. The van der Waals surface area contributed by atoms with Gasteiger partial charge in [-0.2, -0.15) is 4.98 Å². The van der Waals surface area contributed by atoms with Crippen LogP contribution >= 0.6 is 0 Å². The molecular weight excluding hydrogens is 464 g/mol. The molecule has 7 rings (SSSR count). The number of hydrogen-bond acceptors (Lipinski definition) is 5. The van der Waals surface area contributed by atoms with Crippen molar-refractivity contribution >= 4 is 11.6 Å². The van der Waals surface area contributed by atoms with Gasteiger partial charge in [0.1, 0.15) is 6.61 Å². The van der Waals surface area contributed by atoms with Crippen molar-refractivity contribution in [2.45, 2.75) is 52.4 Å². The summed E-state index contributed by atoms with van der Waals surface area (Å²) >= 11 is 0. The largest absolute Gasteiger partial charge is 0.460 e. The van der Waals surface area contributed by atoms with Gasteiger partial charge in [-0.15, -0.1) is 5.10 Å². The van der Waals surface area contributed by atoms with Gasteiger partial charge >= 0.3 is 6.01 Å². The quantitative estimate of drug-likeness (QED) is 0.375. The van der Waals surface area contributed by atoms with E-state index in [2.05, 4.69) is 34.5 Å². The van der Waals surface area contributed by atoms with E-state index < -0.39 is 0 Å². The van der Waals surface area contributed by atoms with Crippen molar-refractivity contribution < 1.29 is 14.3 Å². The molecule has 1 aromatic heterocycles. The second kappa shape index (κ2) is 9.93. The molecule has 0 unspecified atom stereocenters. The molecule has 1 heterocycles. The number of rotatable bonds is 9. The van der Waals surface area contributed by atoms with Crippen LogP contribution in [0.25, 0.3) is 17.1 Å². The van der Waals surface area contributed by atoms with Gasteiger partial charge < -0.3 is 14.8 Å². The molecule has 1 N–H and O–H groups in total. The van der Waals surface area contributed by atoms with Gasteiger partial charge in [0.05, 0.1) is 17.7 Å². The van der Waals surface area contributed by atoms with Gasteiger partial charge in [0.2, 0.25) is 5.91 Å². The first-order valence-corrected chi connectivity index (χ1v) is 13.7. The molecular formula is C30H36N4O3. The Bertz CT molecular complexity index is 1210. The average Bonchev–Trinajstić information content (AvgIpc) is 3.31. The van der Waals surface area contributed by atoms with Gasteiger partial charge in [0.25, 0.3) is 0 Å². The first-order chi connectivity index (χ1) is 18.0. The monoisotopic (exact) mass is 500 g/mol. The lowest BCUT2D eigenvalue weighted by molar-refractivity contribution is -0.140. The minimum atomic E-state index is -0.161. The Kier molecular flexibility index (Phi) is 6.49. The number of nitrogens with zero attached hydrogens (tertiary/aromatic N) is 3. The van der Waals surface area contributed by atoms with Gasteiger partial charge in [0, 0.05) is 17.9 Å². The Morgan fingerprint density at radius 3 is 2.24 bits per heavy atom. The Morgan fingerprint density at radius 1 is 0.973 bits per heavy atom. The maximum atomic E-state index is 13.5. The lowest BCUT2D eigenvalue weighted by Crippen LogP contribution is -2.51. The molecule has 0 spiro atoms. The van der Waals surface area contributed by atoms with Crippen LogP contribution in [0.1, 0.15) is 51.0 Å². The normalized spacial score (nSPS) is 25.8. The van der Waals surface area contributed by atoms with E-state index in [9.17, 15) is 4.79 Å². The van der Waals surface area contributed by atoms with Crippen molar-refractivity contribution in [3.8, 4) is 23.1 Å². The molecule has 1 amide bonds. The molecule has 4 fully saturated rings. The highest BCUT2D eigenvalue weighted by atomic mass is 16.5. The summed E-state index contributed by atoms with van der Waals surface area (Å²) in [4.78, 5) is 18.1. The SMILES string of the molecule is CCOCCOc1nc(-c2ccc(C)cc2)n(-c2ccc(NC(=O)C34CC5CC(CC(C5)C3)C4)cc2)n1. The summed E-state index contributed by atoms with van der Waals surface area (Å²) in [6.07, 6.45) is 7.19. The number of benzene rings is 2. The van der Waals surface area contributed by atoms with E-state index in [-0.39, 0.29) is 11.3 Å². The van der Waals surface area contributed by atoms with Crippen molar-refractivity contribution in [3.63, 3.8) is 0 Å². The van der Waals surface area contributed by atoms with Gasteiger partial charge in [-0.05, 0) is 94.4 Å². The van der Waals surface area contributed by atoms with Crippen molar-refractivity contribution in [2.24, 2.45) is 23.2 Å². The van der Waals surface area contributed by atoms with Crippen LogP contribution in [0.15, 0.2) is 48.5 Å². The minimum Gasteiger partial charge on any atom is -0.460 e. The predicted molar refractivity (Wildman–Crippen MR) is 143 cm³/mol. The summed E-state index contributed by atoms with van der Waals surface area (Å²) in [5.74, 6) is 3.16. The zero-order valence-corrected chi connectivity index (χ0v) is 21.8. The third-order valence-corrected chi connectivity index (χ3v) is 8.45. The van der Waals surface area contributed by atoms with Crippen molar-refractivity contribution in [1.82, 2.24) is 14.8 Å². The van der Waals surface area contributed by atoms with Gasteiger partial charge in [-0.3, -0.25) is 4.79 Å². The first kappa shape index (κ1) is 24.2. The maximum Gasteiger partial charge on any atom is 0.336 e. The molecule has 0 atom stereocenters. The van der Waals surface area contributed by atoms with Crippen molar-refractivity contribution in [1.29, 1.82) is 0 Å². The summed E-state index contributed by atoms with van der Waals surface area (Å²) in [6.45, 7) is 5.54. The zero-order chi connectivity index (χ0) is 25.4. The van der Waals surface area contributed by atoms with E-state index in [1.165, 1.54) is 24.8 Å². The standard InChI is InChI=1S/C30H36N4O3/c1-3-36-12-13-37-29-32-27(24-6-4-20(2)5-7-24)34(33-29)26-10-8-25(9-11-26)31-28(35)30-17-21-14-22(18-30)16-23(15-21)19-30/h4-11,21-23H,3,12-19H2,1-2H3,(H,31,35). The van der Waals surface area contributed by atoms with E-state index in [0.717, 1.165) is 54.0 Å². The highest BCUT2D eigenvalue weighted by Crippen LogP contribution is 2.60. The molecule has 7 heteroatoms. The molecule has 0 saturated heterocycles. The lowest BCUT2D eigenvalue weighted by atomic mass is 9.49. The Balaban J connectivity index is 1.21. The van der Waals surface area contributed by atoms with Crippen LogP contribution in [0.3, 0.4) is 0 Å². The summed E-state index contributed by atoms with van der Waals surface area (Å²) in [5, 5.41) is 7.89. The smallest absolute Gasteiger partial charge is 0.336 e. The summed E-state index contributed by atoms with van der Waals surface area (Å²) in [5.41, 5.74) is 3.66. The van der Waals surface area contributed by atoms with Crippen LogP contribution in [0.5, 0.6) is 6.01 Å². The van der Waals surface area contributed by atoms with E-state index >= 15 is 0 Å². The Labute approximate surface area is 218 Å². The number of carbonyl (C=O) groups is 1. The van der Waals surface area contributed by atoms with E-state index in [4.69, 9.17) is 9.47 Å². The average molecular weight is 501 g/mol. The zero-order valence-electron chi connectivity index (χ0n) is 21.8. The maximum absolute atomic E-state index is 13.5. The highest BCUT2D eigenvalue weighted by Gasteiger charge is 2.54. The van der Waals surface area contributed by atoms with E-state index in [0.29, 0.717) is 31.7 Å². The second-order valence-electron chi connectivity index (χ2n) is 11.2. The fraction of sp³-hybridized carbons (Fsp3) is 0.500. The van der Waals surface area contributed by atoms with Crippen molar-refractivity contribution in [2.75, 3.05) is 25.1 Å². The first-order valence-electron chi connectivity index (χ1n) is 13.7. The van der Waals surface area contributed by atoms with Crippen LogP contribution in [0, 0.1) is 30.1 Å². The number of carbonyl (C=O) groups excluding carboxylic acids is 1. The summed E-state index contributed by atoms with van der Waals surface area (Å²) < 4.78 is 12.9. The van der Waals surface area contributed by atoms with E-state index in [1.807, 2.05) is 43.3 Å². The van der Waals surface area contributed by atoms with Gasteiger partial charge in [0.15, 0.2) is 5.82 Å². The topological polar surface area (TPSA) is 78.3 Å². The molecule has 4 saturated carbocycles. The number of hydrogen-bond donors (Lipinski definition) is 1. The molecule has 0 radical (unpaired) electrons. The fourth-order valence-electron chi connectivity index (χ4n) is 7.10. The third-order valence-electron chi connectivity index (χ3n) is 8.45. The predicted octanol–water partition coefficient (Wildman–Crippen LogP) is 5.81. The van der Waals surface area contributed by atoms with Crippen LogP contribution in [0.2, 0.25) is 0 Å². The molecule has 194 valence electrons. The number of amides is 1.